The summed E-state index contributed by atoms with van der Waals surface area (Å²) in [6.07, 6.45) is 2.68. The Morgan fingerprint density at radius 1 is 1.02 bits per heavy atom. The van der Waals surface area contributed by atoms with E-state index in [2.05, 4.69) is 28.1 Å². The van der Waals surface area contributed by atoms with Crippen molar-refractivity contribution in [3.63, 3.8) is 0 Å². The number of rotatable bonds is 13. The van der Waals surface area contributed by atoms with Crippen molar-refractivity contribution < 1.29 is 85.1 Å². The largest absolute Gasteiger partial charge is 1.00 e. The number of anilines is 2. The SMILES string of the molecule is COCCOc1ccc(C(=O)N[C@H](C(=O)[O-])[C@@H](C)OC(C)(C)C)c(NC(=O)Nc2c(C)cc(CC3CC3)cc2C)c1.[K+]. The van der Waals surface area contributed by atoms with E-state index in [0.717, 1.165) is 23.5 Å². The minimum Gasteiger partial charge on any atom is -0.548 e. The van der Waals surface area contributed by atoms with Crippen LogP contribution in [0.25, 0.3) is 0 Å². The van der Waals surface area contributed by atoms with Crippen molar-refractivity contribution in [1.82, 2.24) is 5.32 Å². The fourth-order valence-corrected chi connectivity index (χ4v) is 4.66. The molecule has 0 aliphatic heterocycles. The van der Waals surface area contributed by atoms with Crippen LogP contribution in [-0.4, -0.2) is 56.0 Å². The van der Waals surface area contributed by atoms with Gasteiger partial charge in [-0.15, -0.1) is 0 Å². The molecule has 2 aromatic rings. The van der Waals surface area contributed by atoms with Crippen LogP contribution in [0.2, 0.25) is 0 Å². The van der Waals surface area contributed by atoms with Gasteiger partial charge in [-0.05, 0) is 95.5 Å². The number of urea groups is 1. The molecule has 0 unspecified atom stereocenters. The summed E-state index contributed by atoms with van der Waals surface area (Å²) < 4.78 is 16.4. The Labute approximate surface area is 291 Å². The predicted octanol–water partition coefficient (Wildman–Crippen LogP) is 0.981. The van der Waals surface area contributed by atoms with E-state index in [1.165, 1.54) is 30.5 Å². The smallest absolute Gasteiger partial charge is 0.548 e. The number of benzene rings is 2. The number of carbonyl (C=O) groups is 3. The van der Waals surface area contributed by atoms with Gasteiger partial charge in [0, 0.05) is 18.9 Å². The number of hydrogen-bond donors (Lipinski definition) is 3. The molecule has 1 aliphatic carbocycles. The summed E-state index contributed by atoms with van der Waals surface area (Å²) in [5.41, 5.74) is 3.35. The molecule has 0 heterocycles. The zero-order valence-corrected chi connectivity index (χ0v) is 29.1. The van der Waals surface area contributed by atoms with E-state index in [-0.39, 0.29) is 69.2 Å². The maximum Gasteiger partial charge on any atom is 1.00 e. The molecule has 42 heavy (non-hydrogen) atoms. The Balaban J connectivity index is 0.00000616. The second-order valence-corrected chi connectivity index (χ2v) is 11.6. The van der Waals surface area contributed by atoms with Crippen molar-refractivity contribution in [2.24, 2.45) is 5.92 Å². The van der Waals surface area contributed by atoms with Gasteiger partial charge in [0.1, 0.15) is 12.4 Å². The van der Waals surface area contributed by atoms with Gasteiger partial charge in [-0.3, -0.25) is 4.79 Å². The molecule has 1 aliphatic rings. The Bertz CT molecular complexity index is 1230. The van der Waals surface area contributed by atoms with Gasteiger partial charge in [0.25, 0.3) is 5.91 Å². The number of carboxylic acid groups (broad SMARTS) is 1. The first-order valence-electron chi connectivity index (χ1n) is 13.9. The molecular weight excluding hydrogens is 565 g/mol. The van der Waals surface area contributed by atoms with E-state index in [4.69, 9.17) is 14.2 Å². The van der Waals surface area contributed by atoms with E-state index in [1.54, 1.807) is 40.9 Å². The summed E-state index contributed by atoms with van der Waals surface area (Å²) in [6.45, 7) is 11.4. The Morgan fingerprint density at radius 3 is 2.21 bits per heavy atom. The number of aryl methyl sites for hydroxylation is 2. The van der Waals surface area contributed by atoms with Crippen molar-refractivity contribution in [2.75, 3.05) is 31.0 Å². The van der Waals surface area contributed by atoms with Crippen LogP contribution >= 0.6 is 0 Å². The molecule has 10 nitrogen and oxygen atoms in total. The first kappa shape index (κ1) is 36.2. The zero-order chi connectivity index (χ0) is 30.3. The summed E-state index contributed by atoms with van der Waals surface area (Å²) >= 11 is 0. The first-order valence-corrected chi connectivity index (χ1v) is 13.9. The third-order valence-electron chi connectivity index (χ3n) is 6.64. The summed E-state index contributed by atoms with van der Waals surface area (Å²) in [6, 6.07) is 6.71. The third-order valence-corrected chi connectivity index (χ3v) is 6.64. The topological polar surface area (TPSA) is 138 Å². The van der Waals surface area contributed by atoms with Crippen LogP contribution in [0.5, 0.6) is 5.75 Å². The zero-order valence-electron chi connectivity index (χ0n) is 26.0. The van der Waals surface area contributed by atoms with Gasteiger partial charge in [0.2, 0.25) is 0 Å². The second kappa shape index (κ2) is 16.2. The first-order chi connectivity index (χ1) is 19.3. The monoisotopic (exact) mass is 607 g/mol. The fraction of sp³-hybridized carbons (Fsp3) is 0.516. The summed E-state index contributed by atoms with van der Waals surface area (Å²) in [4.78, 5) is 38.4. The molecule has 2 atom stereocenters. The summed E-state index contributed by atoms with van der Waals surface area (Å²) in [5, 5.41) is 20.0. The van der Waals surface area contributed by atoms with Gasteiger partial charge in [-0.25, -0.2) is 4.79 Å². The van der Waals surface area contributed by atoms with Crippen molar-refractivity contribution in [3.8, 4) is 5.75 Å². The minimum atomic E-state index is -1.49. The summed E-state index contributed by atoms with van der Waals surface area (Å²) in [5.74, 6) is -1.07. The van der Waals surface area contributed by atoms with Crippen LogP contribution in [0, 0.1) is 19.8 Å². The van der Waals surface area contributed by atoms with Crippen LogP contribution in [-0.2, 0) is 20.7 Å². The molecule has 3 amide bonds. The van der Waals surface area contributed by atoms with Gasteiger partial charge >= 0.3 is 57.4 Å². The van der Waals surface area contributed by atoms with Gasteiger partial charge in [-0.1, -0.05) is 12.1 Å². The third kappa shape index (κ3) is 11.3. The quantitative estimate of drug-likeness (QED) is 0.228. The fourth-order valence-electron chi connectivity index (χ4n) is 4.66. The maximum atomic E-state index is 13.3. The number of carboxylic acids is 1. The number of carbonyl (C=O) groups excluding carboxylic acids is 3. The van der Waals surface area contributed by atoms with Crippen molar-refractivity contribution in [1.29, 1.82) is 0 Å². The Morgan fingerprint density at radius 2 is 1.67 bits per heavy atom. The van der Waals surface area contributed by atoms with Crippen molar-refractivity contribution in [3.05, 3.63) is 52.6 Å². The Kier molecular flexibility index (Phi) is 13.9. The molecule has 0 radical (unpaired) electrons. The molecule has 0 saturated heterocycles. The second-order valence-electron chi connectivity index (χ2n) is 11.6. The number of hydrogen-bond acceptors (Lipinski definition) is 7. The average molecular weight is 608 g/mol. The van der Waals surface area contributed by atoms with Gasteiger partial charge in [0.05, 0.1) is 41.6 Å². The molecule has 11 heteroatoms. The predicted molar refractivity (Wildman–Crippen MR) is 155 cm³/mol. The molecule has 1 saturated carbocycles. The van der Waals surface area contributed by atoms with Crippen LogP contribution in [0.1, 0.15) is 67.6 Å². The molecule has 2 aromatic carbocycles. The van der Waals surface area contributed by atoms with E-state index >= 15 is 0 Å². The molecular formula is C31H42KN3O7. The van der Waals surface area contributed by atoms with Crippen molar-refractivity contribution in [2.45, 2.75) is 78.6 Å². The van der Waals surface area contributed by atoms with Gasteiger partial charge in [0.15, 0.2) is 0 Å². The van der Waals surface area contributed by atoms with Crippen LogP contribution < -0.4 is 77.2 Å². The van der Waals surface area contributed by atoms with E-state index in [9.17, 15) is 19.5 Å². The Hall–Kier alpha value is -1.99. The minimum absolute atomic E-state index is 0. The number of methoxy groups -OCH3 is 1. The maximum absolute atomic E-state index is 13.3. The molecule has 224 valence electrons. The standard InChI is InChI=1S/C31H43N3O7.K/c1-18-14-22(16-21-8-9-21)15-19(2)26(18)34-30(38)32-25-17-23(40-13-12-39-7)10-11-24(25)28(35)33-27(29(36)37)20(3)41-31(4,5)6;/h10-11,14-15,17,20-21,27H,8-9,12-13,16H2,1-7H3,(H,33,35)(H,36,37)(H2,32,34,38);/q;+1/p-1/t20-,27+;/m1./s1. The van der Waals surface area contributed by atoms with Crippen molar-refractivity contribution >= 4 is 29.3 Å². The van der Waals surface area contributed by atoms with Gasteiger partial charge in [-0.2, -0.15) is 0 Å². The summed E-state index contributed by atoms with van der Waals surface area (Å²) in [7, 11) is 1.55. The number of aliphatic carboxylic acids is 1. The number of nitrogens with one attached hydrogen (secondary N) is 3. The van der Waals surface area contributed by atoms with E-state index in [0.29, 0.717) is 18.0 Å². The molecule has 3 rings (SSSR count). The number of amides is 3. The molecule has 0 spiro atoms. The number of ether oxygens (including phenoxy) is 3. The van der Waals surface area contributed by atoms with Crippen LogP contribution in [0.3, 0.4) is 0 Å². The molecule has 3 N–H and O–H groups in total. The molecule has 0 bridgehead atoms. The molecule has 0 aromatic heterocycles. The average Bonchev–Trinajstić information content (AvgIpc) is 3.67. The van der Waals surface area contributed by atoms with E-state index in [1.807, 2.05) is 13.8 Å². The van der Waals surface area contributed by atoms with Crippen LogP contribution in [0.15, 0.2) is 30.3 Å². The van der Waals surface area contributed by atoms with Gasteiger partial charge < -0.3 is 40.1 Å². The van der Waals surface area contributed by atoms with E-state index < -0.39 is 35.7 Å². The molecule has 1 fully saturated rings. The normalized spacial score (nSPS) is 14.3. The van der Waals surface area contributed by atoms with Crippen LogP contribution in [0.4, 0.5) is 16.2 Å².